The van der Waals surface area contributed by atoms with Crippen molar-refractivity contribution >= 4 is 29.7 Å². The van der Waals surface area contributed by atoms with Gasteiger partial charge in [0.05, 0.1) is 0 Å². The average molecular weight is 286 g/mol. The van der Waals surface area contributed by atoms with E-state index in [9.17, 15) is 4.79 Å². The van der Waals surface area contributed by atoms with Crippen molar-refractivity contribution in [3.63, 3.8) is 0 Å². The van der Waals surface area contributed by atoms with Gasteiger partial charge in [-0.05, 0) is 43.3 Å². The van der Waals surface area contributed by atoms with E-state index >= 15 is 0 Å². The molecule has 0 atom stereocenters. The minimum atomic E-state index is -1.21. The molecular weight excluding hydrogens is 272 g/mol. The van der Waals surface area contributed by atoms with Crippen molar-refractivity contribution in [3.8, 4) is 0 Å². The lowest BCUT2D eigenvalue weighted by Gasteiger charge is -2.08. The number of hydrazine groups is 1. The van der Waals surface area contributed by atoms with Crippen LogP contribution in [-0.2, 0) is 4.79 Å². The Kier molecular flexibility index (Phi) is 5.86. The Morgan fingerprint density at radius 3 is 2.28 bits per heavy atom. The lowest BCUT2D eigenvalue weighted by Crippen LogP contribution is -2.26. The topological polar surface area (TPSA) is 113 Å². The van der Waals surface area contributed by atoms with Gasteiger partial charge >= 0.3 is 5.97 Å². The lowest BCUT2D eigenvalue weighted by molar-refractivity contribution is -0.132. The predicted molar refractivity (Wildman–Crippen MR) is 73.4 cm³/mol. The fourth-order valence-electron chi connectivity index (χ4n) is 1.07. The highest BCUT2D eigenvalue weighted by molar-refractivity contribution is 8.03. The van der Waals surface area contributed by atoms with Crippen LogP contribution in [0.25, 0.3) is 0 Å². The molecule has 0 bridgehead atoms. The first-order valence-corrected chi connectivity index (χ1v) is 6.53. The van der Waals surface area contributed by atoms with Gasteiger partial charge in [0.25, 0.3) is 0 Å². The summed E-state index contributed by atoms with van der Waals surface area (Å²) in [6.45, 7) is 0. The second-order valence-corrected chi connectivity index (χ2v) is 5.24. The fraction of sp³-hybridized carbons (Fsp3) is 0.100. The first-order chi connectivity index (χ1) is 8.58. The molecule has 1 aromatic carbocycles. The predicted octanol–water partition coefficient (Wildman–Crippen LogP) is 0.681. The Morgan fingerprint density at radius 1 is 1.28 bits per heavy atom. The molecule has 1 aromatic rings. The average Bonchev–Trinajstić information content (AvgIpc) is 2.37. The number of thioether (sulfide) groups is 1. The summed E-state index contributed by atoms with van der Waals surface area (Å²) in [4.78, 5) is 12.6. The van der Waals surface area contributed by atoms with Gasteiger partial charge in [-0.1, -0.05) is 11.8 Å². The van der Waals surface area contributed by atoms with E-state index in [2.05, 4.69) is 10.1 Å². The summed E-state index contributed by atoms with van der Waals surface area (Å²) in [7, 11) is 1.83. The van der Waals surface area contributed by atoms with E-state index < -0.39 is 5.97 Å². The van der Waals surface area contributed by atoms with Crippen molar-refractivity contribution in [2.45, 2.75) is 9.79 Å². The molecule has 0 aliphatic heterocycles. The Balaban J connectivity index is 2.83. The zero-order chi connectivity index (χ0) is 13.5. The lowest BCUT2D eigenvalue weighted by atomic mass is 10.4. The van der Waals surface area contributed by atoms with Crippen LogP contribution in [-0.4, -0.2) is 18.1 Å². The molecule has 98 valence electrons. The first kappa shape index (κ1) is 14.7. The van der Waals surface area contributed by atoms with Crippen LogP contribution in [0, 0.1) is 0 Å². The highest BCUT2D eigenvalue weighted by Gasteiger charge is 2.11. The molecule has 0 spiro atoms. The molecule has 18 heavy (non-hydrogen) atoms. The maximum atomic E-state index is 10.7. The minimum absolute atomic E-state index is 0.205. The van der Waals surface area contributed by atoms with E-state index in [-0.39, 0.29) is 10.7 Å². The molecule has 0 amide bonds. The summed E-state index contributed by atoms with van der Waals surface area (Å²) < 4.78 is 2.96. The molecule has 0 saturated heterocycles. The largest absolute Gasteiger partial charge is 0.477 e. The van der Waals surface area contributed by atoms with Gasteiger partial charge in [-0.2, -0.15) is 0 Å². The van der Waals surface area contributed by atoms with Crippen LogP contribution in [0.4, 0.5) is 0 Å². The molecule has 8 heteroatoms. The SMILES string of the molecule is CNSc1ccc(S/C(NN)=C(/N)C(=O)O)cc1. The number of rotatable bonds is 6. The molecular formula is C10H14N4O2S2. The quantitative estimate of drug-likeness (QED) is 0.171. The maximum Gasteiger partial charge on any atom is 0.354 e. The number of nitrogens with two attached hydrogens (primary N) is 2. The van der Waals surface area contributed by atoms with Crippen LogP contribution in [0.15, 0.2) is 44.8 Å². The number of hydrogen-bond donors (Lipinski definition) is 5. The Labute approximate surface area is 113 Å². The van der Waals surface area contributed by atoms with Gasteiger partial charge in [0.1, 0.15) is 10.7 Å². The molecule has 1 rings (SSSR count). The second kappa shape index (κ2) is 7.17. The highest BCUT2D eigenvalue weighted by atomic mass is 32.2. The summed E-state index contributed by atoms with van der Waals surface area (Å²) in [5.41, 5.74) is 7.38. The molecule has 0 unspecified atom stereocenters. The number of carboxylic acids is 1. The van der Waals surface area contributed by atoms with Crippen LogP contribution in [0.5, 0.6) is 0 Å². The number of hydrogen-bond acceptors (Lipinski definition) is 7. The summed E-state index contributed by atoms with van der Waals surface area (Å²) in [6, 6.07) is 7.54. The molecule has 0 heterocycles. The van der Waals surface area contributed by atoms with E-state index in [0.717, 1.165) is 21.6 Å². The molecule has 0 aliphatic carbocycles. The molecule has 6 nitrogen and oxygen atoms in total. The number of nitrogens with one attached hydrogen (secondary N) is 2. The molecule has 0 fully saturated rings. The maximum absolute atomic E-state index is 10.7. The van der Waals surface area contributed by atoms with Gasteiger partial charge in [-0.3, -0.25) is 4.72 Å². The van der Waals surface area contributed by atoms with Crippen molar-refractivity contribution in [2.75, 3.05) is 7.05 Å². The number of carbonyl (C=O) groups is 1. The van der Waals surface area contributed by atoms with Gasteiger partial charge in [0.15, 0.2) is 0 Å². The summed E-state index contributed by atoms with van der Waals surface area (Å²) in [5.74, 6) is 4.04. The summed E-state index contributed by atoms with van der Waals surface area (Å²) >= 11 is 2.65. The summed E-state index contributed by atoms with van der Waals surface area (Å²) in [6.07, 6.45) is 0. The van der Waals surface area contributed by atoms with Gasteiger partial charge in [-0.25, -0.2) is 10.6 Å². The van der Waals surface area contributed by atoms with Gasteiger partial charge in [0.2, 0.25) is 0 Å². The molecule has 7 N–H and O–H groups in total. The third-order valence-corrected chi connectivity index (χ3v) is 3.63. The Bertz CT molecular complexity index is 448. The molecule has 0 aliphatic rings. The number of benzene rings is 1. The van der Waals surface area contributed by atoms with Crippen molar-refractivity contribution in [1.82, 2.24) is 10.1 Å². The Morgan fingerprint density at radius 2 is 1.83 bits per heavy atom. The van der Waals surface area contributed by atoms with Crippen molar-refractivity contribution in [3.05, 3.63) is 35.0 Å². The third-order valence-electron chi connectivity index (χ3n) is 1.87. The molecule has 0 radical (unpaired) electrons. The van der Waals surface area contributed by atoms with E-state index in [1.165, 1.54) is 11.9 Å². The monoisotopic (exact) mass is 286 g/mol. The van der Waals surface area contributed by atoms with Crippen molar-refractivity contribution in [2.24, 2.45) is 11.6 Å². The second-order valence-electron chi connectivity index (χ2n) is 3.07. The van der Waals surface area contributed by atoms with Crippen molar-refractivity contribution < 1.29 is 9.90 Å². The zero-order valence-corrected chi connectivity index (χ0v) is 11.3. The molecule has 0 saturated carbocycles. The van der Waals surface area contributed by atoms with Crippen LogP contribution in [0.2, 0.25) is 0 Å². The van der Waals surface area contributed by atoms with Crippen molar-refractivity contribution in [1.29, 1.82) is 0 Å². The third kappa shape index (κ3) is 4.15. The Hall–Kier alpha value is -1.35. The highest BCUT2D eigenvalue weighted by Crippen LogP contribution is 2.27. The molecule has 0 aromatic heterocycles. The van der Waals surface area contributed by atoms with Crippen LogP contribution in [0.3, 0.4) is 0 Å². The smallest absolute Gasteiger partial charge is 0.354 e. The van der Waals surface area contributed by atoms with E-state index in [1.54, 1.807) is 0 Å². The first-order valence-electron chi connectivity index (χ1n) is 4.89. The normalized spacial score (nSPS) is 11.9. The fourth-order valence-corrected chi connectivity index (χ4v) is 2.34. The van der Waals surface area contributed by atoms with Gasteiger partial charge in [0, 0.05) is 9.79 Å². The zero-order valence-electron chi connectivity index (χ0n) is 9.64. The van der Waals surface area contributed by atoms with E-state index in [4.69, 9.17) is 16.7 Å². The van der Waals surface area contributed by atoms with Gasteiger partial charge < -0.3 is 16.3 Å². The van der Waals surface area contributed by atoms with Crippen LogP contribution in [0.1, 0.15) is 0 Å². The van der Waals surface area contributed by atoms with Gasteiger partial charge in [-0.15, -0.1) is 0 Å². The summed E-state index contributed by atoms with van der Waals surface area (Å²) in [5, 5.41) is 8.98. The van der Waals surface area contributed by atoms with Crippen LogP contribution < -0.4 is 21.7 Å². The number of aliphatic carboxylic acids is 1. The minimum Gasteiger partial charge on any atom is -0.477 e. The van der Waals surface area contributed by atoms with E-state index in [1.807, 2.05) is 31.3 Å². The van der Waals surface area contributed by atoms with E-state index in [0.29, 0.717) is 0 Å². The van der Waals surface area contributed by atoms with Crippen LogP contribution >= 0.6 is 23.7 Å². The standard InChI is InChI=1S/C10H14N4O2S2/c1-13-18-7-4-2-6(3-5-7)17-9(14-12)8(11)10(15)16/h2-5,13-14H,11-12H2,1H3,(H,15,16)/b9-8+. The number of carboxylic acid groups (broad SMARTS) is 1.